The number of carbonyl (C=O) groups excluding carboxylic acids is 1. The van der Waals surface area contributed by atoms with Crippen LogP contribution < -0.4 is 4.72 Å². The Hall–Kier alpha value is -0.710. The molecule has 2 aliphatic heterocycles. The predicted molar refractivity (Wildman–Crippen MR) is 72.4 cm³/mol. The molecule has 1 atom stereocenters. The molecule has 0 aromatic carbocycles. The maximum absolute atomic E-state index is 12.0. The van der Waals surface area contributed by atoms with Crippen LogP contribution in [-0.4, -0.2) is 62.8 Å². The zero-order chi connectivity index (χ0) is 15.1. The third-order valence-corrected chi connectivity index (χ3v) is 6.95. The number of nitrogens with zero attached hydrogens (tertiary/aromatic N) is 2. The summed E-state index contributed by atoms with van der Waals surface area (Å²) in [5.74, 6) is -0.588. The molecule has 0 unspecified atom stereocenters. The van der Waals surface area contributed by atoms with Gasteiger partial charge in [-0.25, -0.2) is 17.0 Å². The van der Waals surface area contributed by atoms with Crippen molar-refractivity contribution in [3.05, 3.63) is 0 Å². The van der Waals surface area contributed by atoms with Crippen LogP contribution in [0.1, 0.15) is 20.3 Å². The average Bonchev–Trinajstić information content (AvgIpc) is 2.75. The van der Waals surface area contributed by atoms with E-state index in [1.165, 1.54) is 4.31 Å². The number of amides is 1. The number of nitrogens with one attached hydrogen (secondary N) is 1. The van der Waals surface area contributed by atoms with E-state index in [9.17, 15) is 21.6 Å². The summed E-state index contributed by atoms with van der Waals surface area (Å²) in [7, 11) is -7.13. The van der Waals surface area contributed by atoms with Gasteiger partial charge in [0.1, 0.15) is 6.04 Å². The summed E-state index contributed by atoms with van der Waals surface area (Å²) in [5, 5.41) is 0. The predicted octanol–water partition coefficient (Wildman–Crippen LogP) is -1.28. The minimum absolute atomic E-state index is 0.0137. The number of rotatable bonds is 4. The molecule has 2 fully saturated rings. The van der Waals surface area contributed by atoms with Gasteiger partial charge in [0.15, 0.2) is 0 Å². The van der Waals surface area contributed by atoms with Crippen LogP contribution >= 0.6 is 0 Å². The molecule has 2 saturated heterocycles. The fourth-order valence-electron chi connectivity index (χ4n) is 2.34. The molecule has 0 aromatic heterocycles. The molecule has 0 spiro atoms. The van der Waals surface area contributed by atoms with Gasteiger partial charge in [0, 0.05) is 13.1 Å². The number of hydrogen-bond acceptors (Lipinski definition) is 5. The summed E-state index contributed by atoms with van der Waals surface area (Å²) in [6.45, 7) is 3.75. The van der Waals surface area contributed by atoms with Crippen LogP contribution in [0.15, 0.2) is 0 Å². The van der Waals surface area contributed by atoms with Crippen molar-refractivity contribution in [3.8, 4) is 0 Å². The molecule has 0 aliphatic carbocycles. The van der Waals surface area contributed by atoms with Crippen LogP contribution in [0.3, 0.4) is 0 Å². The molecule has 1 N–H and O–H groups in total. The molecule has 0 saturated carbocycles. The van der Waals surface area contributed by atoms with Gasteiger partial charge in [-0.05, 0) is 12.3 Å². The standard InChI is InChI=1S/C10H19N3O5S2/c1-8(2)9-10(14)13(20(17,18)11-9)6-5-12-4-3-7-19(12,15)16/h8-9,11H,3-7H2,1-2H3/t9-/m0/s1. The largest absolute Gasteiger partial charge is 0.304 e. The smallest absolute Gasteiger partial charge is 0.272 e. The van der Waals surface area contributed by atoms with E-state index < -0.39 is 32.2 Å². The maximum atomic E-state index is 12.0. The molecule has 0 aromatic rings. The lowest BCUT2D eigenvalue weighted by atomic mass is 10.1. The van der Waals surface area contributed by atoms with Gasteiger partial charge in [-0.1, -0.05) is 13.8 Å². The molecule has 2 heterocycles. The van der Waals surface area contributed by atoms with Gasteiger partial charge in [0.05, 0.1) is 12.3 Å². The average molecular weight is 325 g/mol. The molecule has 1 amide bonds. The second-order valence-electron chi connectivity index (χ2n) is 5.32. The van der Waals surface area contributed by atoms with Crippen LogP contribution in [0.2, 0.25) is 0 Å². The first kappa shape index (κ1) is 15.7. The number of sulfonamides is 1. The Morgan fingerprint density at radius 2 is 1.90 bits per heavy atom. The van der Waals surface area contributed by atoms with Crippen LogP contribution in [-0.2, 0) is 25.0 Å². The highest BCUT2D eigenvalue weighted by Crippen LogP contribution is 2.19. The summed E-state index contributed by atoms with van der Waals surface area (Å²) in [6, 6.07) is -0.768. The van der Waals surface area contributed by atoms with E-state index in [4.69, 9.17) is 0 Å². The van der Waals surface area contributed by atoms with Crippen molar-refractivity contribution in [1.29, 1.82) is 0 Å². The Kier molecular flexibility index (Phi) is 4.11. The highest BCUT2D eigenvalue weighted by molar-refractivity contribution is 7.89. The summed E-state index contributed by atoms with van der Waals surface area (Å²) in [5.41, 5.74) is 0. The van der Waals surface area contributed by atoms with Crippen LogP contribution in [0.25, 0.3) is 0 Å². The third kappa shape index (κ3) is 2.83. The van der Waals surface area contributed by atoms with Crippen LogP contribution in [0.4, 0.5) is 0 Å². The molecule has 0 radical (unpaired) electrons. The van der Waals surface area contributed by atoms with E-state index in [1.807, 2.05) is 0 Å². The quantitative estimate of drug-likeness (QED) is 0.693. The van der Waals surface area contributed by atoms with Crippen LogP contribution in [0, 0.1) is 5.92 Å². The van der Waals surface area contributed by atoms with Gasteiger partial charge in [0.2, 0.25) is 10.0 Å². The maximum Gasteiger partial charge on any atom is 0.304 e. The molecule has 116 valence electrons. The number of hydrogen-bond donors (Lipinski definition) is 1. The van der Waals surface area contributed by atoms with Crippen molar-refractivity contribution in [2.45, 2.75) is 26.3 Å². The van der Waals surface area contributed by atoms with Crippen molar-refractivity contribution in [2.75, 3.05) is 25.4 Å². The fraction of sp³-hybridized carbons (Fsp3) is 0.900. The van der Waals surface area contributed by atoms with Gasteiger partial charge in [-0.2, -0.15) is 13.1 Å². The molecular formula is C10H19N3O5S2. The van der Waals surface area contributed by atoms with Gasteiger partial charge >= 0.3 is 10.2 Å². The fourth-order valence-corrected chi connectivity index (χ4v) is 5.36. The Labute approximate surface area is 119 Å². The second kappa shape index (κ2) is 5.24. The van der Waals surface area contributed by atoms with Crippen molar-refractivity contribution >= 4 is 26.1 Å². The zero-order valence-corrected chi connectivity index (χ0v) is 13.1. The van der Waals surface area contributed by atoms with Crippen molar-refractivity contribution < 1.29 is 21.6 Å². The highest BCUT2D eigenvalue weighted by atomic mass is 32.2. The first-order valence-electron chi connectivity index (χ1n) is 6.47. The van der Waals surface area contributed by atoms with Crippen LogP contribution in [0.5, 0.6) is 0 Å². The lowest BCUT2D eigenvalue weighted by Gasteiger charge is -2.19. The summed E-state index contributed by atoms with van der Waals surface area (Å²) >= 11 is 0. The molecule has 0 bridgehead atoms. The van der Waals surface area contributed by atoms with E-state index in [-0.39, 0.29) is 24.8 Å². The van der Waals surface area contributed by atoms with Crippen molar-refractivity contribution in [2.24, 2.45) is 5.92 Å². The summed E-state index contributed by atoms with van der Waals surface area (Å²) in [4.78, 5) is 12.0. The third-order valence-electron chi connectivity index (χ3n) is 3.50. The SMILES string of the molecule is CC(C)[C@@H]1NS(=O)(=O)N(CCN2CCCS2(=O)=O)C1=O. The normalized spacial score (nSPS) is 29.4. The Bertz CT molecular complexity index is 598. The minimum atomic E-state index is -3.85. The molecule has 20 heavy (non-hydrogen) atoms. The van der Waals surface area contributed by atoms with Crippen molar-refractivity contribution in [1.82, 2.24) is 13.3 Å². The topological polar surface area (TPSA) is 104 Å². The molecule has 2 aliphatic rings. The van der Waals surface area contributed by atoms with E-state index >= 15 is 0 Å². The monoisotopic (exact) mass is 325 g/mol. The van der Waals surface area contributed by atoms with E-state index in [0.29, 0.717) is 13.0 Å². The lowest BCUT2D eigenvalue weighted by Crippen LogP contribution is -2.40. The molecule has 10 heteroatoms. The van der Waals surface area contributed by atoms with E-state index in [2.05, 4.69) is 4.72 Å². The molecule has 2 rings (SSSR count). The molecular weight excluding hydrogens is 306 g/mol. The van der Waals surface area contributed by atoms with Gasteiger partial charge in [-0.3, -0.25) is 4.79 Å². The minimum Gasteiger partial charge on any atom is -0.272 e. The van der Waals surface area contributed by atoms with E-state index in [0.717, 1.165) is 4.31 Å². The van der Waals surface area contributed by atoms with E-state index in [1.54, 1.807) is 13.8 Å². The first-order chi connectivity index (χ1) is 9.15. The van der Waals surface area contributed by atoms with Gasteiger partial charge < -0.3 is 0 Å². The Morgan fingerprint density at radius 1 is 1.25 bits per heavy atom. The zero-order valence-electron chi connectivity index (χ0n) is 11.4. The van der Waals surface area contributed by atoms with Gasteiger partial charge in [0.25, 0.3) is 5.91 Å². The van der Waals surface area contributed by atoms with Crippen molar-refractivity contribution in [3.63, 3.8) is 0 Å². The number of carbonyl (C=O) groups is 1. The lowest BCUT2D eigenvalue weighted by molar-refractivity contribution is -0.127. The summed E-state index contributed by atoms with van der Waals surface area (Å²) < 4.78 is 51.3. The Balaban J connectivity index is 2.07. The molecule has 8 nitrogen and oxygen atoms in total. The second-order valence-corrected chi connectivity index (χ2v) is 9.04. The first-order valence-corrected chi connectivity index (χ1v) is 9.52. The van der Waals surface area contributed by atoms with Gasteiger partial charge in [-0.15, -0.1) is 0 Å². The Morgan fingerprint density at radius 3 is 2.35 bits per heavy atom. The summed E-state index contributed by atoms with van der Waals surface area (Å²) in [6.07, 6.45) is 0.538. The highest BCUT2D eigenvalue weighted by Gasteiger charge is 2.44.